The summed E-state index contributed by atoms with van der Waals surface area (Å²) in [6.45, 7) is 6.13. The highest BCUT2D eigenvalue weighted by molar-refractivity contribution is 7.71. The lowest BCUT2D eigenvalue weighted by Crippen LogP contribution is -2.02. The van der Waals surface area contributed by atoms with E-state index in [4.69, 9.17) is 23.8 Å². The first-order valence-electron chi connectivity index (χ1n) is 4.93. The molecule has 3 nitrogen and oxygen atoms in total. The van der Waals surface area contributed by atoms with E-state index in [-0.39, 0.29) is 6.04 Å². The molecular formula is C10H12ClN3S2. The molecule has 0 aliphatic heterocycles. The van der Waals surface area contributed by atoms with Crippen LogP contribution in [0, 0.1) is 11.7 Å². The van der Waals surface area contributed by atoms with Gasteiger partial charge in [-0.15, -0.1) is 11.3 Å². The molecule has 2 heterocycles. The van der Waals surface area contributed by atoms with Gasteiger partial charge >= 0.3 is 0 Å². The second-order valence-corrected chi connectivity index (χ2v) is 5.52. The Morgan fingerprint density at radius 3 is 2.75 bits per heavy atom. The number of hydrogen-bond acceptors (Lipinski definition) is 3. The highest BCUT2D eigenvalue weighted by atomic mass is 35.5. The van der Waals surface area contributed by atoms with Crippen molar-refractivity contribution in [3.05, 3.63) is 20.7 Å². The maximum Gasteiger partial charge on any atom is 0.195 e. The zero-order valence-electron chi connectivity index (χ0n) is 9.24. The fraction of sp³-hybridized carbons (Fsp3) is 0.400. The number of aromatic nitrogens is 3. The van der Waals surface area contributed by atoms with Crippen molar-refractivity contribution in [2.45, 2.75) is 26.8 Å². The summed E-state index contributed by atoms with van der Waals surface area (Å²) in [5, 5.41) is 9.86. The molecule has 0 fully saturated rings. The van der Waals surface area contributed by atoms with Gasteiger partial charge in [-0.3, -0.25) is 9.67 Å². The molecule has 0 amide bonds. The first-order valence-corrected chi connectivity index (χ1v) is 6.59. The molecule has 6 heteroatoms. The van der Waals surface area contributed by atoms with Gasteiger partial charge in [-0.25, -0.2) is 0 Å². The van der Waals surface area contributed by atoms with Crippen molar-refractivity contribution < 1.29 is 0 Å². The maximum absolute atomic E-state index is 6.24. The average Bonchev–Trinajstić information content (AvgIpc) is 2.72. The summed E-state index contributed by atoms with van der Waals surface area (Å²) in [7, 11) is 0. The van der Waals surface area contributed by atoms with Gasteiger partial charge < -0.3 is 0 Å². The van der Waals surface area contributed by atoms with Crippen molar-refractivity contribution in [2.24, 2.45) is 0 Å². The minimum absolute atomic E-state index is 0.264. The molecule has 0 atom stereocenters. The minimum Gasteiger partial charge on any atom is -0.297 e. The highest BCUT2D eigenvalue weighted by Crippen LogP contribution is 2.36. The summed E-state index contributed by atoms with van der Waals surface area (Å²) < 4.78 is 2.61. The zero-order chi connectivity index (χ0) is 11.9. The predicted octanol–water partition coefficient (Wildman–Crippen LogP) is 4.21. The number of aromatic amines is 1. The molecule has 0 bridgehead atoms. The molecule has 0 aliphatic rings. The molecule has 0 saturated heterocycles. The number of hydrogen-bond donors (Lipinski definition) is 1. The normalized spacial score (nSPS) is 11.3. The molecule has 0 radical (unpaired) electrons. The second kappa shape index (κ2) is 4.31. The van der Waals surface area contributed by atoms with Gasteiger partial charge in [-0.2, -0.15) is 5.10 Å². The molecule has 2 aromatic heterocycles. The highest BCUT2D eigenvalue weighted by Gasteiger charge is 2.16. The van der Waals surface area contributed by atoms with Crippen LogP contribution in [0.3, 0.4) is 0 Å². The van der Waals surface area contributed by atoms with Crippen molar-refractivity contribution in [3.63, 3.8) is 0 Å². The van der Waals surface area contributed by atoms with Crippen LogP contribution in [-0.4, -0.2) is 14.8 Å². The summed E-state index contributed by atoms with van der Waals surface area (Å²) in [6.07, 6.45) is 0. The number of halogens is 1. The molecule has 16 heavy (non-hydrogen) atoms. The molecule has 2 aromatic rings. The summed E-state index contributed by atoms with van der Waals surface area (Å²) >= 11 is 13.0. The monoisotopic (exact) mass is 273 g/mol. The fourth-order valence-electron chi connectivity index (χ4n) is 1.52. The SMILES string of the molecule is Cc1csc(-c2n[nH]c(=S)n2C(C)C)c1Cl. The number of aryl methyl sites for hydroxylation is 1. The number of thiophene rings is 1. The first kappa shape index (κ1) is 11.8. The molecule has 0 spiro atoms. The first-order chi connectivity index (χ1) is 7.52. The van der Waals surface area contributed by atoms with E-state index in [2.05, 4.69) is 24.0 Å². The molecule has 2 rings (SSSR count). The lowest BCUT2D eigenvalue weighted by molar-refractivity contribution is 0.597. The van der Waals surface area contributed by atoms with Crippen molar-refractivity contribution in [3.8, 4) is 10.7 Å². The maximum atomic E-state index is 6.24. The molecular weight excluding hydrogens is 262 g/mol. The minimum atomic E-state index is 0.264. The standard InChI is InChI=1S/C10H12ClN3S2/c1-5(2)14-9(12-13-10(14)15)8-7(11)6(3)4-16-8/h4-5H,1-3H3,(H,13,15). The van der Waals surface area contributed by atoms with Crippen LogP contribution < -0.4 is 0 Å². The quantitative estimate of drug-likeness (QED) is 0.832. The van der Waals surface area contributed by atoms with E-state index in [0.29, 0.717) is 4.77 Å². The van der Waals surface area contributed by atoms with E-state index in [1.54, 1.807) is 11.3 Å². The van der Waals surface area contributed by atoms with Gasteiger partial charge in [-0.05, 0) is 43.9 Å². The van der Waals surface area contributed by atoms with Gasteiger partial charge in [0.05, 0.1) is 9.90 Å². The van der Waals surface area contributed by atoms with E-state index in [1.807, 2.05) is 16.9 Å². The molecule has 0 unspecified atom stereocenters. The summed E-state index contributed by atoms with van der Waals surface area (Å²) in [5.74, 6) is 0.822. The third-order valence-electron chi connectivity index (χ3n) is 2.32. The number of nitrogens with one attached hydrogen (secondary N) is 1. The van der Waals surface area contributed by atoms with Crippen LogP contribution in [0.25, 0.3) is 10.7 Å². The van der Waals surface area contributed by atoms with Crippen molar-refractivity contribution in [2.75, 3.05) is 0 Å². The van der Waals surface area contributed by atoms with Crippen LogP contribution >= 0.6 is 35.2 Å². The van der Waals surface area contributed by atoms with Crippen LogP contribution in [0.1, 0.15) is 25.5 Å². The number of rotatable bonds is 2. The Morgan fingerprint density at radius 2 is 2.25 bits per heavy atom. The van der Waals surface area contributed by atoms with E-state index in [0.717, 1.165) is 21.3 Å². The topological polar surface area (TPSA) is 33.6 Å². The van der Waals surface area contributed by atoms with Crippen LogP contribution in [0.5, 0.6) is 0 Å². The van der Waals surface area contributed by atoms with Crippen LogP contribution in [-0.2, 0) is 0 Å². The third kappa shape index (κ3) is 1.83. The molecule has 0 saturated carbocycles. The Bertz CT molecular complexity index is 565. The van der Waals surface area contributed by atoms with Crippen LogP contribution in [0.4, 0.5) is 0 Å². The Hall–Kier alpha value is -0.650. The van der Waals surface area contributed by atoms with Crippen LogP contribution in [0.2, 0.25) is 5.02 Å². The second-order valence-electron chi connectivity index (χ2n) is 3.88. The van der Waals surface area contributed by atoms with E-state index in [1.165, 1.54) is 0 Å². The average molecular weight is 274 g/mol. The Balaban J connectivity index is 2.65. The number of H-pyrrole nitrogens is 1. The molecule has 0 aromatic carbocycles. The van der Waals surface area contributed by atoms with Gasteiger partial charge in [0, 0.05) is 6.04 Å². The van der Waals surface area contributed by atoms with Crippen molar-refractivity contribution in [1.82, 2.24) is 14.8 Å². The summed E-state index contributed by atoms with van der Waals surface area (Å²) in [5.41, 5.74) is 1.07. The Labute approximate surface area is 108 Å². The molecule has 1 N–H and O–H groups in total. The van der Waals surface area contributed by atoms with E-state index >= 15 is 0 Å². The van der Waals surface area contributed by atoms with Crippen molar-refractivity contribution in [1.29, 1.82) is 0 Å². The Kier molecular flexibility index (Phi) is 3.19. The van der Waals surface area contributed by atoms with Crippen molar-refractivity contribution >= 4 is 35.2 Å². The lowest BCUT2D eigenvalue weighted by atomic mass is 10.3. The summed E-state index contributed by atoms with van der Waals surface area (Å²) in [4.78, 5) is 0.972. The van der Waals surface area contributed by atoms with Gasteiger partial charge in [-0.1, -0.05) is 11.6 Å². The van der Waals surface area contributed by atoms with Crippen LogP contribution in [0.15, 0.2) is 5.38 Å². The largest absolute Gasteiger partial charge is 0.297 e. The van der Waals surface area contributed by atoms with E-state index in [9.17, 15) is 0 Å². The van der Waals surface area contributed by atoms with E-state index < -0.39 is 0 Å². The number of nitrogens with zero attached hydrogens (tertiary/aromatic N) is 2. The Morgan fingerprint density at radius 1 is 1.56 bits per heavy atom. The summed E-state index contributed by atoms with van der Waals surface area (Å²) in [6, 6.07) is 0.264. The lowest BCUT2D eigenvalue weighted by Gasteiger charge is -2.09. The van der Waals surface area contributed by atoms with Gasteiger partial charge in [0.25, 0.3) is 0 Å². The smallest absolute Gasteiger partial charge is 0.195 e. The van der Waals surface area contributed by atoms with Gasteiger partial charge in [0.2, 0.25) is 0 Å². The van der Waals surface area contributed by atoms with Gasteiger partial charge in [0.1, 0.15) is 0 Å². The fourth-order valence-corrected chi connectivity index (χ4v) is 3.13. The molecule has 0 aliphatic carbocycles. The molecule has 86 valence electrons. The predicted molar refractivity (Wildman–Crippen MR) is 70.9 cm³/mol. The zero-order valence-corrected chi connectivity index (χ0v) is 11.6. The van der Waals surface area contributed by atoms with Gasteiger partial charge in [0.15, 0.2) is 10.6 Å². The third-order valence-corrected chi connectivity index (χ3v) is 4.30.